The Bertz CT molecular complexity index is 562. The molecule has 0 aliphatic carbocycles. The van der Waals surface area contributed by atoms with Gasteiger partial charge >= 0.3 is 0 Å². The molecule has 1 fully saturated rings. The molecule has 2 heterocycles. The van der Waals surface area contributed by atoms with Crippen molar-refractivity contribution < 1.29 is 4.79 Å². The molecule has 2 aliphatic rings. The first-order valence-electron chi connectivity index (χ1n) is 7.14. The van der Waals surface area contributed by atoms with Gasteiger partial charge in [-0.2, -0.15) is 0 Å². The molecule has 2 aliphatic heterocycles. The van der Waals surface area contributed by atoms with Crippen molar-refractivity contribution in [3.63, 3.8) is 0 Å². The van der Waals surface area contributed by atoms with Gasteiger partial charge in [0.15, 0.2) is 0 Å². The van der Waals surface area contributed by atoms with E-state index in [1.54, 1.807) is 4.90 Å². The van der Waals surface area contributed by atoms with Crippen molar-refractivity contribution in [2.75, 3.05) is 13.6 Å². The van der Waals surface area contributed by atoms with Crippen LogP contribution in [0.15, 0.2) is 24.3 Å². The summed E-state index contributed by atoms with van der Waals surface area (Å²) in [6.07, 6.45) is 5.62. The van der Waals surface area contributed by atoms with Crippen LogP contribution in [0.4, 0.5) is 0 Å². The van der Waals surface area contributed by atoms with Gasteiger partial charge in [-0.15, -0.1) is 0 Å². The van der Waals surface area contributed by atoms with E-state index in [2.05, 4.69) is 11.4 Å². The molecule has 20 heavy (non-hydrogen) atoms. The highest BCUT2D eigenvalue weighted by Crippen LogP contribution is 2.31. The molecule has 0 radical (unpaired) electrons. The molecule has 1 aromatic carbocycles. The van der Waals surface area contributed by atoms with Crippen LogP contribution in [0.1, 0.15) is 30.4 Å². The van der Waals surface area contributed by atoms with E-state index >= 15 is 0 Å². The molecule has 0 bridgehead atoms. The van der Waals surface area contributed by atoms with E-state index in [0.717, 1.165) is 24.1 Å². The molecule has 3 rings (SSSR count). The Labute approximate surface area is 124 Å². The van der Waals surface area contributed by atoms with Gasteiger partial charge in [-0.05, 0) is 42.6 Å². The Morgan fingerprint density at radius 3 is 3.00 bits per heavy atom. The number of amides is 1. The number of halogens is 1. The molecule has 1 amide bonds. The molecule has 1 atom stereocenters. The summed E-state index contributed by atoms with van der Waals surface area (Å²) in [4.78, 5) is 14.2. The lowest BCUT2D eigenvalue weighted by atomic mass is 9.91. The number of carbonyl (C=O) groups excluding carboxylic acids is 1. The fourth-order valence-electron chi connectivity index (χ4n) is 2.97. The van der Waals surface area contributed by atoms with Crippen molar-refractivity contribution in [3.8, 4) is 0 Å². The van der Waals surface area contributed by atoms with Crippen LogP contribution in [0.25, 0.3) is 5.57 Å². The van der Waals surface area contributed by atoms with Crippen LogP contribution in [0.2, 0.25) is 5.02 Å². The van der Waals surface area contributed by atoms with Crippen LogP contribution in [-0.4, -0.2) is 30.4 Å². The highest BCUT2D eigenvalue weighted by atomic mass is 35.5. The predicted molar refractivity (Wildman–Crippen MR) is 81.5 cm³/mol. The Morgan fingerprint density at radius 1 is 1.40 bits per heavy atom. The zero-order valence-corrected chi connectivity index (χ0v) is 12.4. The van der Waals surface area contributed by atoms with Gasteiger partial charge in [-0.1, -0.05) is 30.2 Å². The summed E-state index contributed by atoms with van der Waals surface area (Å²) < 4.78 is 0. The lowest BCUT2D eigenvalue weighted by Crippen LogP contribution is -2.36. The molecule has 3 nitrogen and oxygen atoms in total. The maximum atomic E-state index is 12.5. The van der Waals surface area contributed by atoms with E-state index < -0.39 is 0 Å². The van der Waals surface area contributed by atoms with Gasteiger partial charge in [0.25, 0.3) is 5.91 Å². The highest BCUT2D eigenvalue weighted by molar-refractivity contribution is 6.31. The average Bonchev–Trinajstić information content (AvgIpc) is 2.46. The number of fused-ring (bicyclic) bond motifs is 1. The lowest BCUT2D eigenvalue weighted by Gasteiger charge is -2.29. The third-order valence-electron chi connectivity index (χ3n) is 4.06. The third kappa shape index (κ3) is 2.60. The number of likely N-dealkylation sites (N-methyl/N-ethyl adjacent to an activating group) is 1. The second-order valence-corrected chi connectivity index (χ2v) is 6.04. The van der Waals surface area contributed by atoms with Crippen LogP contribution in [0, 0.1) is 0 Å². The van der Waals surface area contributed by atoms with Gasteiger partial charge in [-0.25, -0.2) is 0 Å². The first-order chi connectivity index (χ1) is 9.65. The number of rotatable bonds is 1. The van der Waals surface area contributed by atoms with Crippen molar-refractivity contribution in [1.29, 1.82) is 0 Å². The molecule has 0 saturated carbocycles. The lowest BCUT2D eigenvalue weighted by molar-refractivity contribution is -0.124. The van der Waals surface area contributed by atoms with E-state index in [1.165, 1.54) is 18.4 Å². The van der Waals surface area contributed by atoms with Crippen LogP contribution in [-0.2, 0) is 11.3 Å². The summed E-state index contributed by atoms with van der Waals surface area (Å²) in [5, 5.41) is 4.15. The summed E-state index contributed by atoms with van der Waals surface area (Å²) in [5.41, 5.74) is 2.95. The quantitative estimate of drug-likeness (QED) is 0.807. The van der Waals surface area contributed by atoms with Crippen LogP contribution in [0.3, 0.4) is 0 Å². The summed E-state index contributed by atoms with van der Waals surface area (Å²) >= 11 is 6.10. The number of nitrogens with one attached hydrogen (secondary N) is 1. The van der Waals surface area contributed by atoms with E-state index in [-0.39, 0.29) is 5.91 Å². The molecule has 1 aromatic rings. The zero-order chi connectivity index (χ0) is 14.1. The van der Waals surface area contributed by atoms with E-state index in [9.17, 15) is 4.79 Å². The van der Waals surface area contributed by atoms with Gasteiger partial charge in [0.05, 0.1) is 0 Å². The van der Waals surface area contributed by atoms with Gasteiger partial charge in [0, 0.05) is 30.2 Å². The zero-order valence-electron chi connectivity index (χ0n) is 11.7. The van der Waals surface area contributed by atoms with Crippen molar-refractivity contribution in [3.05, 3.63) is 40.4 Å². The van der Waals surface area contributed by atoms with Crippen molar-refractivity contribution in [2.45, 2.75) is 31.8 Å². The number of piperidine rings is 1. The fourth-order valence-corrected chi connectivity index (χ4v) is 3.14. The first kappa shape index (κ1) is 13.7. The van der Waals surface area contributed by atoms with E-state index in [4.69, 9.17) is 11.6 Å². The molecule has 0 spiro atoms. The molecule has 1 unspecified atom stereocenters. The second kappa shape index (κ2) is 5.58. The average molecular weight is 291 g/mol. The predicted octanol–water partition coefficient (Wildman–Crippen LogP) is 2.84. The molecule has 0 aromatic heterocycles. The second-order valence-electron chi connectivity index (χ2n) is 5.60. The molecule has 1 N–H and O–H groups in total. The van der Waals surface area contributed by atoms with Crippen LogP contribution >= 0.6 is 11.6 Å². The Kier molecular flexibility index (Phi) is 3.81. The van der Waals surface area contributed by atoms with Crippen LogP contribution in [0.5, 0.6) is 0 Å². The summed E-state index contributed by atoms with van der Waals surface area (Å²) in [6.45, 7) is 1.68. The largest absolute Gasteiger partial charge is 0.337 e. The van der Waals surface area contributed by atoms with Crippen molar-refractivity contribution >= 4 is 23.1 Å². The molecule has 106 valence electrons. The highest BCUT2D eigenvalue weighted by Gasteiger charge is 2.26. The molecule has 1 saturated heterocycles. The minimum Gasteiger partial charge on any atom is -0.337 e. The third-order valence-corrected chi connectivity index (χ3v) is 4.30. The summed E-state index contributed by atoms with van der Waals surface area (Å²) in [5.74, 6) is 0.0899. The number of nitrogens with zero attached hydrogens (tertiary/aromatic N) is 1. The smallest absolute Gasteiger partial charge is 0.254 e. The van der Waals surface area contributed by atoms with Gasteiger partial charge in [0.1, 0.15) is 0 Å². The summed E-state index contributed by atoms with van der Waals surface area (Å²) in [7, 11) is 1.85. The Balaban J connectivity index is 2.01. The Morgan fingerprint density at radius 2 is 2.25 bits per heavy atom. The monoisotopic (exact) mass is 290 g/mol. The first-order valence-corrected chi connectivity index (χ1v) is 7.52. The number of carbonyl (C=O) groups is 1. The standard InChI is InChI=1S/C16H19ClN2O/c1-19-10-11-5-6-12(17)8-14(11)15(16(19)20)9-13-4-2-3-7-18-13/h5-6,8-9,13,18H,2-4,7,10H2,1H3/b15-9+. The molecular formula is C16H19ClN2O. The topological polar surface area (TPSA) is 32.3 Å². The summed E-state index contributed by atoms with van der Waals surface area (Å²) in [6, 6.07) is 6.11. The van der Waals surface area contributed by atoms with Gasteiger partial charge in [-0.3, -0.25) is 4.79 Å². The SMILES string of the molecule is CN1Cc2ccc(Cl)cc2/C(=C\C2CCCCN2)C1=O. The maximum Gasteiger partial charge on any atom is 0.254 e. The molecular weight excluding hydrogens is 272 g/mol. The minimum atomic E-state index is 0.0899. The van der Waals surface area contributed by atoms with Gasteiger partial charge < -0.3 is 10.2 Å². The maximum absolute atomic E-state index is 12.5. The van der Waals surface area contributed by atoms with E-state index in [1.807, 2.05) is 25.2 Å². The fraction of sp³-hybridized carbons (Fsp3) is 0.438. The minimum absolute atomic E-state index is 0.0899. The number of benzene rings is 1. The number of hydrogen-bond donors (Lipinski definition) is 1. The van der Waals surface area contributed by atoms with Crippen molar-refractivity contribution in [2.24, 2.45) is 0 Å². The molecule has 4 heteroatoms. The Hall–Kier alpha value is -1.32. The number of hydrogen-bond acceptors (Lipinski definition) is 2. The van der Waals surface area contributed by atoms with Gasteiger partial charge in [0.2, 0.25) is 0 Å². The van der Waals surface area contributed by atoms with Crippen LogP contribution < -0.4 is 5.32 Å². The van der Waals surface area contributed by atoms with Crippen molar-refractivity contribution in [1.82, 2.24) is 10.2 Å². The normalized spacial score (nSPS) is 24.9. The van der Waals surface area contributed by atoms with E-state index in [0.29, 0.717) is 17.6 Å².